The van der Waals surface area contributed by atoms with Gasteiger partial charge in [-0.2, -0.15) is 5.10 Å². The van der Waals surface area contributed by atoms with E-state index in [1.165, 1.54) is 5.56 Å². The zero-order valence-corrected chi connectivity index (χ0v) is 15.4. The predicted octanol–water partition coefficient (Wildman–Crippen LogP) is 2.58. The molecular formula is C20H25N5O2. The van der Waals surface area contributed by atoms with Crippen LogP contribution in [0.5, 0.6) is 0 Å². The molecule has 0 aliphatic rings. The highest BCUT2D eigenvalue weighted by Crippen LogP contribution is 2.09. The fourth-order valence-electron chi connectivity index (χ4n) is 2.79. The highest BCUT2D eigenvalue weighted by Gasteiger charge is 2.09. The van der Waals surface area contributed by atoms with Gasteiger partial charge in [-0.15, -0.1) is 10.2 Å². The van der Waals surface area contributed by atoms with Crippen molar-refractivity contribution in [2.45, 2.75) is 45.1 Å². The second-order valence-corrected chi connectivity index (χ2v) is 6.40. The lowest BCUT2D eigenvalue weighted by Gasteiger charge is -2.04. The van der Waals surface area contributed by atoms with Gasteiger partial charge < -0.3 is 9.73 Å². The van der Waals surface area contributed by atoms with Gasteiger partial charge in [0.1, 0.15) is 0 Å². The molecule has 0 bridgehead atoms. The molecule has 2 heterocycles. The van der Waals surface area contributed by atoms with E-state index in [0.29, 0.717) is 37.7 Å². The first-order chi connectivity index (χ1) is 13.3. The largest absolute Gasteiger partial charge is 0.425 e. The number of hydrogen-bond donors (Lipinski definition) is 1. The van der Waals surface area contributed by atoms with E-state index in [-0.39, 0.29) is 5.91 Å². The molecule has 0 radical (unpaired) electrons. The molecule has 7 nitrogen and oxygen atoms in total. The second-order valence-electron chi connectivity index (χ2n) is 6.40. The van der Waals surface area contributed by atoms with Crippen molar-refractivity contribution >= 4 is 5.91 Å². The zero-order valence-electron chi connectivity index (χ0n) is 15.4. The number of benzene rings is 1. The van der Waals surface area contributed by atoms with Crippen molar-refractivity contribution in [2.75, 3.05) is 6.54 Å². The molecule has 2 aromatic heterocycles. The SMILES string of the molecule is O=C(CCc1nnc(CCCCc2ccccc2)o1)NCCn1cccn1. The summed E-state index contributed by atoms with van der Waals surface area (Å²) in [6.07, 6.45) is 8.31. The van der Waals surface area contributed by atoms with Gasteiger partial charge in [-0.3, -0.25) is 9.48 Å². The minimum atomic E-state index is -0.0234. The van der Waals surface area contributed by atoms with Gasteiger partial charge in [-0.05, 0) is 30.9 Å². The Morgan fingerprint density at radius 3 is 2.56 bits per heavy atom. The van der Waals surface area contributed by atoms with E-state index in [0.717, 1.165) is 25.7 Å². The van der Waals surface area contributed by atoms with Crippen LogP contribution in [0.1, 0.15) is 36.6 Å². The standard InChI is InChI=1S/C20H25N5O2/c26-18(21-14-16-25-15-6-13-22-25)11-12-20-24-23-19(27-20)10-5-4-9-17-7-2-1-3-8-17/h1-3,6-8,13,15H,4-5,9-12,14,16H2,(H,21,26). The average Bonchev–Trinajstić information content (AvgIpc) is 3.36. The van der Waals surface area contributed by atoms with Crippen molar-refractivity contribution in [1.82, 2.24) is 25.3 Å². The monoisotopic (exact) mass is 367 g/mol. The highest BCUT2D eigenvalue weighted by molar-refractivity contribution is 5.75. The maximum absolute atomic E-state index is 11.9. The molecular weight excluding hydrogens is 342 g/mol. The third-order valence-corrected chi connectivity index (χ3v) is 4.25. The second kappa shape index (κ2) is 10.3. The van der Waals surface area contributed by atoms with Gasteiger partial charge >= 0.3 is 0 Å². The first kappa shape index (κ1) is 18.8. The van der Waals surface area contributed by atoms with E-state index in [9.17, 15) is 4.79 Å². The summed E-state index contributed by atoms with van der Waals surface area (Å²) in [5.74, 6) is 1.15. The minimum absolute atomic E-state index is 0.0234. The maximum Gasteiger partial charge on any atom is 0.220 e. The number of unbranched alkanes of at least 4 members (excludes halogenated alkanes) is 1. The molecule has 0 saturated heterocycles. The van der Waals surface area contributed by atoms with E-state index in [2.05, 4.69) is 44.9 Å². The number of amides is 1. The van der Waals surface area contributed by atoms with Crippen molar-refractivity contribution < 1.29 is 9.21 Å². The number of aromatic nitrogens is 4. The fourth-order valence-corrected chi connectivity index (χ4v) is 2.79. The Labute approximate surface area is 158 Å². The van der Waals surface area contributed by atoms with Gasteiger partial charge in [0.05, 0.1) is 6.54 Å². The zero-order chi connectivity index (χ0) is 18.7. The van der Waals surface area contributed by atoms with Crippen LogP contribution in [0, 0.1) is 0 Å². The van der Waals surface area contributed by atoms with Gasteiger partial charge in [0.25, 0.3) is 0 Å². The summed E-state index contributed by atoms with van der Waals surface area (Å²) in [4.78, 5) is 11.9. The van der Waals surface area contributed by atoms with Crippen LogP contribution >= 0.6 is 0 Å². The smallest absolute Gasteiger partial charge is 0.220 e. The number of carbonyl (C=O) groups excluding carboxylic acids is 1. The third-order valence-electron chi connectivity index (χ3n) is 4.25. The molecule has 3 rings (SSSR count). The number of carbonyl (C=O) groups is 1. The summed E-state index contributed by atoms with van der Waals surface area (Å²) in [7, 11) is 0. The Hall–Kier alpha value is -2.96. The Kier molecular flexibility index (Phi) is 7.15. The van der Waals surface area contributed by atoms with Crippen LogP contribution in [-0.2, 0) is 30.6 Å². The van der Waals surface area contributed by atoms with Crippen molar-refractivity contribution in [3.05, 3.63) is 66.1 Å². The third kappa shape index (κ3) is 6.69. The van der Waals surface area contributed by atoms with E-state index < -0.39 is 0 Å². The van der Waals surface area contributed by atoms with Crippen LogP contribution in [-0.4, -0.2) is 32.4 Å². The number of nitrogens with one attached hydrogen (secondary N) is 1. The number of aryl methyl sites for hydroxylation is 3. The molecule has 142 valence electrons. The van der Waals surface area contributed by atoms with E-state index in [4.69, 9.17) is 4.42 Å². The van der Waals surface area contributed by atoms with Crippen LogP contribution in [0.25, 0.3) is 0 Å². The van der Waals surface area contributed by atoms with Crippen molar-refractivity contribution in [3.63, 3.8) is 0 Å². The molecule has 7 heteroatoms. The molecule has 1 N–H and O–H groups in total. The molecule has 0 aliphatic carbocycles. The molecule has 0 fully saturated rings. The van der Waals surface area contributed by atoms with E-state index in [1.54, 1.807) is 10.9 Å². The van der Waals surface area contributed by atoms with E-state index in [1.807, 2.05) is 18.3 Å². The van der Waals surface area contributed by atoms with Crippen molar-refractivity contribution in [2.24, 2.45) is 0 Å². The number of rotatable bonds is 11. The Morgan fingerprint density at radius 1 is 1.00 bits per heavy atom. The number of hydrogen-bond acceptors (Lipinski definition) is 5. The summed E-state index contributed by atoms with van der Waals surface area (Å²) in [5, 5.41) is 15.1. The van der Waals surface area contributed by atoms with Crippen molar-refractivity contribution in [1.29, 1.82) is 0 Å². The Balaban J connectivity index is 1.29. The normalized spacial score (nSPS) is 10.8. The predicted molar refractivity (Wildman–Crippen MR) is 101 cm³/mol. The first-order valence-corrected chi connectivity index (χ1v) is 9.39. The van der Waals surface area contributed by atoms with Crippen LogP contribution in [0.2, 0.25) is 0 Å². The molecule has 0 spiro atoms. The molecule has 3 aromatic rings. The topological polar surface area (TPSA) is 85.8 Å². The number of nitrogens with zero attached hydrogens (tertiary/aromatic N) is 4. The minimum Gasteiger partial charge on any atom is -0.425 e. The molecule has 27 heavy (non-hydrogen) atoms. The van der Waals surface area contributed by atoms with Crippen LogP contribution in [0.15, 0.2) is 53.2 Å². The van der Waals surface area contributed by atoms with Crippen LogP contribution in [0.3, 0.4) is 0 Å². The quantitative estimate of drug-likeness (QED) is 0.527. The lowest BCUT2D eigenvalue weighted by Crippen LogP contribution is -2.27. The molecule has 1 amide bonds. The van der Waals surface area contributed by atoms with Crippen LogP contribution in [0.4, 0.5) is 0 Å². The van der Waals surface area contributed by atoms with Crippen molar-refractivity contribution in [3.8, 4) is 0 Å². The summed E-state index contributed by atoms with van der Waals surface area (Å²) in [6.45, 7) is 1.21. The van der Waals surface area contributed by atoms with Gasteiger partial charge in [-0.1, -0.05) is 30.3 Å². The van der Waals surface area contributed by atoms with Crippen LogP contribution < -0.4 is 5.32 Å². The van der Waals surface area contributed by atoms with Gasteiger partial charge in [-0.25, -0.2) is 0 Å². The molecule has 0 atom stereocenters. The first-order valence-electron chi connectivity index (χ1n) is 9.39. The lowest BCUT2D eigenvalue weighted by atomic mass is 10.1. The molecule has 0 unspecified atom stereocenters. The molecule has 1 aromatic carbocycles. The fraction of sp³-hybridized carbons (Fsp3) is 0.400. The highest BCUT2D eigenvalue weighted by atomic mass is 16.4. The maximum atomic E-state index is 11.9. The van der Waals surface area contributed by atoms with E-state index >= 15 is 0 Å². The van der Waals surface area contributed by atoms with Gasteiger partial charge in [0.2, 0.25) is 17.7 Å². The molecule has 0 saturated carbocycles. The Morgan fingerprint density at radius 2 is 1.78 bits per heavy atom. The summed E-state index contributed by atoms with van der Waals surface area (Å²) >= 11 is 0. The molecule has 0 aliphatic heterocycles. The summed E-state index contributed by atoms with van der Waals surface area (Å²) < 4.78 is 7.41. The summed E-state index contributed by atoms with van der Waals surface area (Å²) in [5.41, 5.74) is 1.35. The van der Waals surface area contributed by atoms with Gasteiger partial charge in [0.15, 0.2) is 0 Å². The lowest BCUT2D eigenvalue weighted by molar-refractivity contribution is -0.121. The Bertz CT molecular complexity index is 799. The van der Waals surface area contributed by atoms with Gasteiger partial charge in [0, 0.05) is 38.2 Å². The average molecular weight is 367 g/mol. The summed E-state index contributed by atoms with van der Waals surface area (Å²) in [6, 6.07) is 12.3.